The van der Waals surface area contributed by atoms with E-state index in [0.29, 0.717) is 13.0 Å². The summed E-state index contributed by atoms with van der Waals surface area (Å²) in [5, 5.41) is 0. The minimum Gasteiger partial charge on any atom is -0.466 e. The molecule has 0 spiro atoms. The number of esters is 1. The Hall–Kier alpha value is -1.57. The number of rotatable bonds is 16. The molecule has 0 radical (unpaired) electrons. The largest absolute Gasteiger partial charge is 0.466 e. The molecule has 0 aliphatic heterocycles. The molecular formula is C25H40O2. The summed E-state index contributed by atoms with van der Waals surface area (Å²) >= 11 is 0. The molecule has 0 bridgehead atoms. The summed E-state index contributed by atoms with van der Waals surface area (Å²) in [6.07, 6.45) is 20.3. The van der Waals surface area contributed by atoms with Crippen molar-refractivity contribution in [3.8, 4) is 0 Å². The molecule has 2 heteroatoms. The number of ether oxygens (including phenoxy) is 1. The highest BCUT2D eigenvalue weighted by atomic mass is 16.5. The second-order valence-electron chi connectivity index (χ2n) is 7.38. The van der Waals surface area contributed by atoms with Crippen molar-refractivity contribution in [2.75, 3.05) is 6.61 Å². The maximum Gasteiger partial charge on any atom is 0.306 e. The first kappa shape index (κ1) is 23.5. The number of unbranched alkanes of at least 4 members (excludes halogenated alkanes) is 9. The molecule has 0 aromatic heterocycles. The van der Waals surface area contributed by atoms with Crippen molar-refractivity contribution in [2.45, 2.75) is 97.3 Å². The Balaban J connectivity index is 2.19. The third-order valence-electron chi connectivity index (χ3n) is 4.97. The SMILES string of the molecule is CCCCCCCCCCCCc1ccccc1C=CCCC(=O)OCC. The van der Waals surface area contributed by atoms with Crippen LogP contribution in [-0.2, 0) is 16.0 Å². The topological polar surface area (TPSA) is 26.3 Å². The van der Waals surface area contributed by atoms with E-state index in [1.807, 2.05) is 6.92 Å². The Morgan fingerprint density at radius 1 is 0.889 bits per heavy atom. The smallest absolute Gasteiger partial charge is 0.306 e. The van der Waals surface area contributed by atoms with Gasteiger partial charge in [-0.25, -0.2) is 0 Å². The lowest BCUT2D eigenvalue weighted by molar-refractivity contribution is -0.142. The molecule has 0 saturated carbocycles. The van der Waals surface area contributed by atoms with Gasteiger partial charge in [-0.15, -0.1) is 0 Å². The van der Waals surface area contributed by atoms with E-state index in [2.05, 4.69) is 43.3 Å². The molecule has 27 heavy (non-hydrogen) atoms. The highest BCUT2D eigenvalue weighted by molar-refractivity contribution is 5.69. The predicted molar refractivity (Wildman–Crippen MR) is 117 cm³/mol. The van der Waals surface area contributed by atoms with Crippen LogP contribution in [0.25, 0.3) is 6.08 Å². The van der Waals surface area contributed by atoms with E-state index >= 15 is 0 Å². The maximum atomic E-state index is 11.4. The molecule has 1 rings (SSSR count). The van der Waals surface area contributed by atoms with Crippen LogP contribution in [0.1, 0.15) is 102 Å². The molecule has 0 aliphatic carbocycles. The summed E-state index contributed by atoms with van der Waals surface area (Å²) < 4.78 is 4.96. The van der Waals surface area contributed by atoms with Crippen molar-refractivity contribution >= 4 is 12.0 Å². The van der Waals surface area contributed by atoms with Gasteiger partial charge in [-0.05, 0) is 37.3 Å². The summed E-state index contributed by atoms with van der Waals surface area (Å²) in [5.74, 6) is -0.110. The molecule has 152 valence electrons. The van der Waals surface area contributed by atoms with Gasteiger partial charge in [-0.1, -0.05) is 101 Å². The van der Waals surface area contributed by atoms with Gasteiger partial charge < -0.3 is 4.74 Å². The zero-order valence-electron chi connectivity index (χ0n) is 17.7. The summed E-state index contributed by atoms with van der Waals surface area (Å²) in [4.78, 5) is 11.4. The van der Waals surface area contributed by atoms with Gasteiger partial charge in [0.1, 0.15) is 0 Å². The molecule has 0 N–H and O–H groups in total. The number of hydrogen-bond acceptors (Lipinski definition) is 2. The van der Waals surface area contributed by atoms with E-state index in [-0.39, 0.29) is 5.97 Å². The number of hydrogen-bond donors (Lipinski definition) is 0. The molecule has 0 saturated heterocycles. The van der Waals surface area contributed by atoms with Crippen LogP contribution in [0.3, 0.4) is 0 Å². The molecular weight excluding hydrogens is 332 g/mol. The van der Waals surface area contributed by atoms with Crippen molar-refractivity contribution in [2.24, 2.45) is 0 Å². The molecule has 0 unspecified atom stereocenters. The third-order valence-corrected chi connectivity index (χ3v) is 4.97. The van der Waals surface area contributed by atoms with E-state index in [1.54, 1.807) is 0 Å². The van der Waals surface area contributed by atoms with Gasteiger partial charge in [0.2, 0.25) is 0 Å². The van der Waals surface area contributed by atoms with E-state index in [1.165, 1.54) is 75.3 Å². The first-order valence-electron chi connectivity index (χ1n) is 11.2. The summed E-state index contributed by atoms with van der Waals surface area (Å²) in [6.45, 7) is 4.58. The van der Waals surface area contributed by atoms with E-state index in [9.17, 15) is 4.79 Å². The molecule has 0 atom stereocenters. The zero-order chi connectivity index (χ0) is 19.6. The van der Waals surface area contributed by atoms with Crippen LogP contribution < -0.4 is 0 Å². The number of benzene rings is 1. The number of carbonyl (C=O) groups excluding carboxylic acids is 1. The minimum absolute atomic E-state index is 0.110. The van der Waals surface area contributed by atoms with Crippen molar-refractivity contribution in [1.29, 1.82) is 0 Å². The highest BCUT2D eigenvalue weighted by Crippen LogP contribution is 2.16. The van der Waals surface area contributed by atoms with E-state index in [4.69, 9.17) is 4.74 Å². The maximum absolute atomic E-state index is 11.4. The Morgan fingerprint density at radius 2 is 1.52 bits per heavy atom. The van der Waals surface area contributed by atoms with Crippen LogP contribution in [0.2, 0.25) is 0 Å². The second-order valence-corrected chi connectivity index (χ2v) is 7.38. The Kier molecular flexibility index (Phi) is 14.4. The third kappa shape index (κ3) is 12.4. The lowest BCUT2D eigenvalue weighted by Gasteiger charge is -2.06. The molecule has 0 fully saturated rings. The van der Waals surface area contributed by atoms with Gasteiger partial charge in [0.15, 0.2) is 0 Å². The fourth-order valence-electron chi connectivity index (χ4n) is 3.37. The van der Waals surface area contributed by atoms with Crippen molar-refractivity contribution in [3.63, 3.8) is 0 Å². The average molecular weight is 373 g/mol. The summed E-state index contributed by atoms with van der Waals surface area (Å²) in [5.41, 5.74) is 2.71. The number of aryl methyl sites for hydroxylation is 1. The van der Waals surface area contributed by atoms with Crippen LogP contribution in [-0.4, -0.2) is 12.6 Å². The van der Waals surface area contributed by atoms with Crippen LogP contribution in [0.4, 0.5) is 0 Å². The monoisotopic (exact) mass is 372 g/mol. The van der Waals surface area contributed by atoms with Gasteiger partial charge in [0.25, 0.3) is 0 Å². The van der Waals surface area contributed by atoms with Crippen LogP contribution >= 0.6 is 0 Å². The van der Waals surface area contributed by atoms with Gasteiger partial charge in [0.05, 0.1) is 6.61 Å². The Labute approximate surface area is 167 Å². The molecule has 0 heterocycles. The minimum atomic E-state index is -0.110. The van der Waals surface area contributed by atoms with Gasteiger partial charge in [0, 0.05) is 6.42 Å². The van der Waals surface area contributed by atoms with Gasteiger partial charge >= 0.3 is 5.97 Å². The summed E-state index contributed by atoms with van der Waals surface area (Å²) in [6, 6.07) is 8.62. The second kappa shape index (κ2) is 16.6. The normalized spacial score (nSPS) is 11.2. The van der Waals surface area contributed by atoms with Crippen LogP contribution in [0.15, 0.2) is 30.3 Å². The van der Waals surface area contributed by atoms with Crippen molar-refractivity contribution in [3.05, 3.63) is 41.5 Å². The van der Waals surface area contributed by atoms with Crippen molar-refractivity contribution in [1.82, 2.24) is 0 Å². The predicted octanol–water partition coefficient (Wildman–Crippen LogP) is 7.51. The van der Waals surface area contributed by atoms with E-state index in [0.717, 1.165) is 12.8 Å². The van der Waals surface area contributed by atoms with E-state index < -0.39 is 0 Å². The first-order valence-corrected chi connectivity index (χ1v) is 11.2. The molecule has 0 aliphatic rings. The lowest BCUT2D eigenvalue weighted by atomic mass is 9.99. The fraction of sp³-hybridized carbons (Fsp3) is 0.640. The molecule has 2 nitrogen and oxygen atoms in total. The number of carbonyl (C=O) groups is 1. The van der Waals surface area contributed by atoms with Gasteiger partial charge in [-0.3, -0.25) is 4.79 Å². The molecule has 0 amide bonds. The molecule has 1 aromatic carbocycles. The van der Waals surface area contributed by atoms with Crippen molar-refractivity contribution < 1.29 is 9.53 Å². The fourth-order valence-corrected chi connectivity index (χ4v) is 3.37. The first-order chi connectivity index (χ1) is 13.3. The Morgan fingerprint density at radius 3 is 2.19 bits per heavy atom. The average Bonchev–Trinajstić information content (AvgIpc) is 2.68. The lowest BCUT2D eigenvalue weighted by Crippen LogP contribution is -2.02. The highest BCUT2D eigenvalue weighted by Gasteiger charge is 2.01. The summed E-state index contributed by atoms with van der Waals surface area (Å²) in [7, 11) is 0. The van der Waals surface area contributed by atoms with Gasteiger partial charge in [-0.2, -0.15) is 0 Å². The standard InChI is InChI=1S/C25H40O2/c1-3-5-6-7-8-9-10-11-12-13-18-23-19-14-15-20-24(23)21-16-17-22-25(26)27-4-2/h14-16,19-21H,3-13,17-18,22H2,1-2H3. The quantitative estimate of drug-likeness (QED) is 0.222. The van der Waals surface area contributed by atoms with Crippen LogP contribution in [0, 0.1) is 0 Å². The molecule has 1 aromatic rings. The Bertz CT molecular complexity index is 519. The van der Waals surface area contributed by atoms with Crippen LogP contribution in [0.5, 0.6) is 0 Å². The number of allylic oxidation sites excluding steroid dienone is 1. The zero-order valence-corrected chi connectivity index (χ0v) is 17.7.